The SMILES string of the molecule is COC1CCCC(OC(=O)C2(N)CCC(C)CC2)C1. The van der Waals surface area contributed by atoms with Crippen LogP contribution in [0.15, 0.2) is 0 Å². The fourth-order valence-electron chi connectivity index (χ4n) is 3.17. The van der Waals surface area contributed by atoms with E-state index in [1.165, 1.54) is 0 Å². The van der Waals surface area contributed by atoms with Crippen molar-refractivity contribution in [2.75, 3.05) is 7.11 Å². The van der Waals surface area contributed by atoms with Crippen LogP contribution >= 0.6 is 0 Å². The first-order chi connectivity index (χ1) is 9.03. The molecule has 0 saturated heterocycles. The van der Waals surface area contributed by atoms with E-state index in [1.54, 1.807) is 7.11 Å². The Labute approximate surface area is 116 Å². The van der Waals surface area contributed by atoms with Crippen LogP contribution in [0.4, 0.5) is 0 Å². The molecule has 0 aromatic rings. The molecule has 0 aliphatic heterocycles. The molecule has 2 N–H and O–H groups in total. The molecule has 110 valence electrons. The van der Waals surface area contributed by atoms with E-state index in [1.807, 2.05) is 0 Å². The lowest BCUT2D eigenvalue weighted by Crippen LogP contribution is -2.52. The highest BCUT2D eigenvalue weighted by molar-refractivity contribution is 5.80. The molecule has 0 bridgehead atoms. The van der Waals surface area contributed by atoms with Crippen molar-refractivity contribution in [2.24, 2.45) is 11.7 Å². The quantitative estimate of drug-likeness (QED) is 0.799. The van der Waals surface area contributed by atoms with Gasteiger partial charge in [0.2, 0.25) is 0 Å². The third-order valence-electron chi connectivity index (χ3n) is 4.76. The zero-order valence-electron chi connectivity index (χ0n) is 12.2. The van der Waals surface area contributed by atoms with E-state index in [0.717, 1.165) is 51.4 Å². The maximum absolute atomic E-state index is 12.3. The molecule has 0 aromatic carbocycles. The van der Waals surface area contributed by atoms with Gasteiger partial charge in [-0.2, -0.15) is 0 Å². The second-order valence-corrected chi connectivity index (χ2v) is 6.39. The van der Waals surface area contributed by atoms with Crippen molar-refractivity contribution in [3.05, 3.63) is 0 Å². The Morgan fingerprint density at radius 3 is 2.42 bits per heavy atom. The van der Waals surface area contributed by atoms with E-state index in [9.17, 15) is 4.79 Å². The van der Waals surface area contributed by atoms with E-state index < -0.39 is 5.54 Å². The molecule has 0 heterocycles. The smallest absolute Gasteiger partial charge is 0.326 e. The second kappa shape index (κ2) is 6.23. The summed E-state index contributed by atoms with van der Waals surface area (Å²) in [5, 5.41) is 0. The van der Waals surface area contributed by atoms with Gasteiger partial charge in [-0.1, -0.05) is 6.92 Å². The zero-order chi connectivity index (χ0) is 13.9. The number of methoxy groups -OCH3 is 1. The highest BCUT2D eigenvalue weighted by atomic mass is 16.5. The highest BCUT2D eigenvalue weighted by Gasteiger charge is 2.40. The zero-order valence-corrected chi connectivity index (χ0v) is 12.2. The second-order valence-electron chi connectivity index (χ2n) is 6.39. The van der Waals surface area contributed by atoms with E-state index in [0.29, 0.717) is 5.92 Å². The normalized spacial score (nSPS) is 39.8. The van der Waals surface area contributed by atoms with Crippen molar-refractivity contribution >= 4 is 5.97 Å². The van der Waals surface area contributed by atoms with Crippen molar-refractivity contribution in [3.63, 3.8) is 0 Å². The minimum Gasteiger partial charge on any atom is -0.461 e. The van der Waals surface area contributed by atoms with Crippen molar-refractivity contribution < 1.29 is 14.3 Å². The summed E-state index contributed by atoms with van der Waals surface area (Å²) in [6, 6.07) is 0. The number of nitrogens with two attached hydrogens (primary N) is 1. The molecule has 2 saturated carbocycles. The number of rotatable bonds is 3. The average molecular weight is 269 g/mol. The highest BCUT2D eigenvalue weighted by Crippen LogP contribution is 2.32. The molecule has 0 amide bonds. The first-order valence-electron chi connectivity index (χ1n) is 7.56. The fourth-order valence-corrected chi connectivity index (χ4v) is 3.17. The molecule has 19 heavy (non-hydrogen) atoms. The number of ether oxygens (including phenoxy) is 2. The van der Waals surface area contributed by atoms with Gasteiger partial charge in [0, 0.05) is 13.5 Å². The number of hydrogen-bond acceptors (Lipinski definition) is 4. The lowest BCUT2D eigenvalue weighted by Gasteiger charge is -2.36. The predicted molar refractivity (Wildman–Crippen MR) is 73.7 cm³/mol. The van der Waals surface area contributed by atoms with E-state index in [2.05, 4.69) is 6.92 Å². The number of hydrogen-bond donors (Lipinski definition) is 1. The van der Waals surface area contributed by atoms with Crippen LogP contribution in [0.25, 0.3) is 0 Å². The Morgan fingerprint density at radius 2 is 1.79 bits per heavy atom. The molecule has 2 fully saturated rings. The van der Waals surface area contributed by atoms with Gasteiger partial charge in [0.15, 0.2) is 0 Å². The van der Waals surface area contributed by atoms with E-state index in [4.69, 9.17) is 15.2 Å². The summed E-state index contributed by atoms with van der Waals surface area (Å²) >= 11 is 0. The van der Waals surface area contributed by atoms with Crippen LogP contribution in [-0.4, -0.2) is 30.8 Å². The molecule has 2 unspecified atom stereocenters. The number of esters is 1. The van der Waals surface area contributed by atoms with E-state index >= 15 is 0 Å². The lowest BCUT2D eigenvalue weighted by atomic mass is 9.78. The maximum atomic E-state index is 12.3. The van der Waals surface area contributed by atoms with Crippen LogP contribution in [0.2, 0.25) is 0 Å². The Balaban J connectivity index is 1.86. The van der Waals surface area contributed by atoms with Gasteiger partial charge >= 0.3 is 5.97 Å². The van der Waals surface area contributed by atoms with Crippen molar-refractivity contribution in [2.45, 2.75) is 76.0 Å². The molecule has 4 heteroatoms. The molecule has 4 nitrogen and oxygen atoms in total. The van der Waals surface area contributed by atoms with Gasteiger partial charge in [-0.15, -0.1) is 0 Å². The Hall–Kier alpha value is -0.610. The van der Waals surface area contributed by atoms with Crippen molar-refractivity contribution in [3.8, 4) is 0 Å². The van der Waals surface area contributed by atoms with Crippen LogP contribution in [0.5, 0.6) is 0 Å². The topological polar surface area (TPSA) is 61.5 Å². The van der Waals surface area contributed by atoms with E-state index in [-0.39, 0.29) is 18.2 Å². The van der Waals surface area contributed by atoms with Crippen LogP contribution in [0.3, 0.4) is 0 Å². The summed E-state index contributed by atoms with van der Waals surface area (Å²) in [4.78, 5) is 12.3. The largest absolute Gasteiger partial charge is 0.461 e. The summed E-state index contributed by atoms with van der Waals surface area (Å²) < 4.78 is 11.0. The van der Waals surface area contributed by atoms with Gasteiger partial charge in [-0.25, -0.2) is 0 Å². The molecule has 0 aromatic heterocycles. The van der Waals surface area contributed by atoms with Gasteiger partial charge in [0.05, 0.1) is 6.10 Å². The Kier molecular flexibility index (Phi) is 4.85. The van der Waals surface area contributed by atoms with Crippen LogP contribution in [-0.2, 0) is 14.3 Å². The average Bonchev–Trinajstić information content (AvgIpc) is 2.42. The van der Waals surface area contributed by atoms with Crippen molar-refractivity contribution in [1.82, 2.24) is 0 Å². The monoisotopic (exact) mass is 269 g/mol. The van der Waals surface area contributed by atoms with Gasteiger partial charge in [-0.05, 0) is 50.9 Å². The molecule has 0 spiro atoms. The third kappa shape index (κ3) is 3.69. The van der Waals surface area contributed by atoms with Crippen LogP contribution in [0, 0.1) is 5.92 Å². The van der Waals surface area contributed by atoms with Crippen LogP contribution in [0.1, 0.15) is 58.3 Å². The Bertz CT molecular complexity index is 311. The first kappa shape index (κ1) is 14.8. The summed E-state index contributed by atoms with van der Waals surface area (Å²) in [5.74, 6) is 0.484. The molecular weight excluding hydrogens is 242 g/mol. The molecule has 2 aliphatic carbocycles. The fraction of sp³-hybridized carbons (Fsp3) is 0.933. The number of carbonyl (C=O) groups excluding carboxylic acids is 1. The molecule has 2 rings (SSSR count). The van der Waals surface area contributed by atoms with Gasteiger partial charge < -0.3 is 15.2 Å². The summed E-state index contributed by atoms with van der Waals surface area (Å²) in [6.45, 7) is 2.22. The van der Waals surface area contributed by atoms with Gasteiger partial charge in [-0.3, -0.25) is 4.79 Å². The molecule has 2 aliphatic rings. The standard InChI is InChI=1S/C15H27NO3/c1-11-6-8-15(16,9-7-11)14(17)19-13-5-3-4-12(10-13)18-2/h11-13H,3-10,16H2,1-2H3. The van der Waals surface area contributed by atoms with Gasteiger partial charge in [0.25, 0.3) is 0 Å². The van der Waals surface area contributed by atoms with Crippen molar-refractivity contribution in [1.29, 1.82) is 0 Å². The third-order valence-corrected chi connectivity index (χ3v) is 4.76. The minimum atomic E-state index is -0.744. The first-order valence-corrected chi connectivity index (χ1v) is 7.56. The molecule has 2 atom stereocenters. The summed E-state index contributed by atoms with van der Waals surface area (Å²) in [7, 11) is 1.72. The molecular formula is C15H27NO3. The Morgan fingerprint density at radius 1 is 1.16 bits per heavy atom. The summed E-state index contributed by atoms with van der Waals surface area (Å²) in [6.07, 6.45) is 7.67. The van der Waals surface area contributed by atoms with Crippen LogP contribution < -0.4 is 5.73 Å². The molecule has 0 radical (unpaired) electrons. The van der Waals surface area contributed by atoms with Gasteiger partial charge in [0.1, 0.15) is 11.6 Å². The maximum Gasteiger partial charge on any atom is 0.326 e. The number of carbonyl (C=O) groups is 1. The minimum absolute atomic E-state index is 0.00836. The summed E-state index contributed by atoms with van der Waals surface area (Å²) in [5.41, 5.74) is 5.50. The predicted octanol–water partition coefficient (Wildman–Crippen LogP) is 2.39. The lowest BCUT2D eigenvalue weighted by molar-refractivity contribution is -0.161.